The van der Waals surface area contributed by atoms with E-state index >= 15 is 0 Å². The molecule has 2 rings (SSSR count). The second kappa shape index (κ2) is 4.56. The molecule has 3 heteroatoms. The molecule has 0 bridgehead atoms. The zero-order valence-corrected chi connectivity index (χ0v) is 10.1. The van der Waals surface area contributed by atoms with Crippen LogP contribution in [0.4, 0.5) is 5.69 Å². The van der Waals surface area contributed by atoms with Gasteiger partial charge in [0.05, 0.1) is 0 Å². The molecule has 0 spiro atoms. The third-order valence-electron chi connectivity index (χ3n) is 2.85. The molecule has 1 aromatic heterocycles. The molecule has 86 valence electrons. The van der Waals surface area contributed by atoms with Gasteiger partial charge in [0.1, 0.15) is 5.52 Å². The van der Waals surface area contributed by atoms with Gasteiger partial charge in [0.2, 0.25) is 0 Å². The maximum absolute atomic E-state index is 5.49. The van der Waals surface area contributed by atoms with Crippen molar-refractivity contribution in [3.63, 3.8) is 0 Å². The lowest BCUT2D eigenvalue weighted by molar-refractivity contribution is 0.561. The fraction of sp³-hybridized carbons (Fsp3) is 0.462. The van der Waals surface area contributed by atoms with E-state index < -0.39 is 0 Å². The van der Waals surface area contributed by atoms with E-state index in [1.165, 1.54) is 6.42 Å². The number of aromatic nitrogens is 1. The topological polar surface area (TPSA) is 38.1 Å². The van der Waals surface area contributed by atoms with Crippen LogP contribution in [0.3, 0.4) is 0 Å². The van der Waals surface area contributed by atoms with Crippen LogP contribution in [-0.2, 0) is 0 Å². The van der Waals surface area contributed by atoms with Crippen LogP contribution in [0.25, 0.3) is 11.1 Å². The summed E-state index contributed by atoms with van der Waals surface area (Å²) >= 11 is 0. The Morgan fingerprint density at radius 3 is 3.00 bits per heavy atom. The average Bonchev–Trinajstić information content (AvgIpc) is 2.65. The Kier molecular flexibility index (Phi) is 3.13. The largest absolute Gasteiger partial charge is 0.441 e. The van der Waals surface area contributed by atoms with Gasteiger partial charge in [-0.25, -0.2) is 4.98 Å². The van der Waals surface area contributed by atoms with Gasteiger partial charge in [0, 0.05) is 25.2 Å². The van der Waals surface area contributed by atoms with Crippen molar-refractivity contribution >= 4 is 16.8 Å². The second-order valence-electron chi connectivity index (χ2n) is 4.31. The minimum atomic E-state index is 0.687. The molecule has 1 unspecified atom stereocenters. The van der Waals surface area contributed by atoms with Crippen LogP contribution < -0.4 is 5.32 Å². The molecular weight excluding hydrogens is 200 g/mol. The van der Waals surface area contributed by atoms with Crippen LogP contribution in [0.2, 0.25) is 0 Å². The minimum absolute atomic E-state index is 0.687. The third-order valence-corrected chi connectivity index (χ3v) is 2.85. The highest BCUT2D eigenvalue weighted by atomic mass is 16.3. The molecule has 1 heterocycles. The molecule has 0 aliphatic rings. The van der Waals surface area contributed by atoms with Crippen LogP contribution >= 0.6 is 0 Å². The number of rotatable bonds is 4. The SMILES string of the molecule is CCC(C)CNc1ccc2nc(C)oc2c1. The molecule has 0 aliphatic heterocycles. The van der Waals surface area contributed by atoms with E-state index in [0.717, 1.165) is 23.3 Å². The van der Waals surface area contributed by atoms with Crippen LogP contribution in [-0.4, -0.2) is 11.5 Å². The molecule has 0 radical (unpaired) electrons. The summed E-state index contributed by atoms with van der Waals surface area (Å²) in [5.74, 6) is 1.40. The van der Waals surface area contributed by atoms with Crippen molar-refractivity contribution in [3.8, 4) is 0 Å². The molecule has 0 amide bonds. The van der Waals surface area contributed by atoms with Crippen molar-refractivity contribution in [1.82, 2.24) is 4.98 Å². The zero-order chi connectivity index (χ0) is 11.5. The number of fused-ring (bicyclic) bond motifs is 1. The predicted molar refractivity (Wildman–Crippen MR) is 66.7 cm³/mol. The summed E-state index contributed by atoms with van der Waals surface area (Å²) in [7, 11) is 0. The van der Waals surface area contributed by atoms with E-state index in [1.807, 2.05) is 25.1 Å². The molecule has 1 N–H and O–H groups in total. The van der Waals surface area contributed by atoms with E-state index in [1.54, 1.807) is 0 Å². The Morgan fingerprint density at radius 2 is 2.25 bits per heavy atom. The van der Waals surface area contributed by atoms with Gasteiger partial charge in [-0.15, -0.1) is 0 Å². The molecule has 16 heavy (non-hydrogen) atoms. The predicted octanol–water partition coefficient (Wildman–Crippen LogP) is 3.59. The lowest BCUT2D eigenvalue weighted by Crippen LogP contribution is -2.09. The van der Waals surface area contributed by atoms with Crippen molar-refractivity contribution in [2.24, 2.45) is 5.92 Å². The standard InChI is InChI=1S/C13H18N2O/c1-4-9(2)8-14-11-5-6-12-13(7-11)16-10(3)15-12/h5-7,9,14H,4,8H2,1-3H3. The number of oxazole rings is 1. The van der Waals surface area contributed by atoms with Crippen LogP contribution in [0.15, 0.2) is 22.6 Å². The summed E-state index contributed by atoms with van der Waals surface area (Å²) in [6.07, 6.45) is 1.19. The smallest absolute Gasteiger partial charge is 0.192 e. The van der Waals surface area contributed by atoms with E-state index in [0.29, 0.717) is 11.8 Å². The maximum Gasteiger partial charge on any atom is 0.192 e. The molecule has 0 saturated carbocycles. The van der Waals surface area contributed by atoms with Gasteiger partial charge < -0.3 is 9.73 Å². The highest BCUT2D eigenvalue weighted by Gasteiger charge is 2.03. The molecule has 1 atom stereocenters. The first-order valence-electron chi connectivity index (χ1n) is 5.80. The van der Waals surface area contributed by atoms with Crippen LogP contribution in [0.1, 0.15) is 26.2 Å². The Labute approximate surface area is 95.9 Å². The lowest BCUT2D eigenvalue weighted by atomic mass is 10.1. The number of anilines is 1. The van der Waals surface area contributed by atoms with Gasteiger partial charge in [-0.1, -0.05) is 20.3 Å². The third kappa shape index (κ3) is 2.35. The highest BCUT2D eigenvalue weighted by Crippen LogP contribution is 2.20. The minimum Gasteiger partial charge on any atom is -0.441 e. The van der Waals surface area contributed by atoms with Crippen molar-refractivity contribution in [3.05, 3.63) is 24.1 Å². The molecule has 3 nitrogen and oxygen atoms in total. The van der Waals surface area contributed by atoms with Crippen molar-refractivity contribution < 1.29 is 4.42 Å². The second-order valence-corrected chi connectivity index (χ2v) is 4.31. The summed E-state index contributed by atoms with van der Waals surface area (Å²) in [6, 6.07) is 6.05. The number of nitrogens with zero attached hydrogens (tertiary/aromatic N) is 1. The maximum atomic E-state index is 5.49. The van der Waals surface area contributed by atoms with E-state index in [-0.39, 0.29) is 0 Å². The Hall–Kier alpha value is -1.51. The average molecular weight is 218 g/mol. The first-order valence-corrected chi connectivity index (χ1v) is 5.80. The number of hydrogen-bond donors (Lipinski definition) is 1. The zero-order valence-electron chi connectivity index (χ0n) is 10.1. The molecule has 1 aromatic carbocycles. The number of nitrogens with one attached hydrogen (secondary N) is 1. The van der Waals surface area contributed by atoms with E-state index in [9.17, 15) is 0 Å². The van der Waals surface area contributed by atoms with Crippen LogP contribution in [0.5, 0.6) is 0 Å². The molecule has 0 aliphatic carbocycles. The molecule has 0 fully saturated rings. The fourth-order valence-corrected chi connectivity index (χ4v) is 1.59. The van der Waals surface area contributed by atoms with E-state index in [4.69, 9.17) is 4.42 Å². The van der Waals surface area contributed by atoms with Gasteiger partial charge in [0.15, 0.2) is 11.5 Å². The molecule has 2 aromatic rings. The highest BCUT2D eigenvalue weighted by molar-refractivity contribution is 5.77. The van der Waals surface area contributed by atoms with Crippen molar-refractivity contribution in [1.29, 1.82) is 0 Å². The lowest BCUT2D eigenvalue weighted by Gasteiger charge is -2.10. The number of hydrogen-bond acceptors (Lipinski definition) is 3. The number of benzene rings is 1. The molecular formula is C13H18N2O. The van der Waals surface area contributed by atoms with Crippen LogP contribution in [0, 0.1) is 12.8 Å². The van der Waals surface area contributed by atoms with Gasteiger partial charge in [0.25, 0.3) is 0 Å². The van der Waals surface area contributed by atoms with Gasteiger partial charge in [-0.3, -0.25) is 0 Å². The normalized spacial score (nSPS) is 12.9. The van der Waals surface area contributed by atoms with Crippen molar-refractivity contribution in [2.75, 3.05) is 11.9 Å². The first kappa shape index (κ1) is 11.0. The van der Waals surface area contributed by atoms with E-state index in [2.05, 4.69) is 24.1 Å². The van der Waals surface area contributed by atoms with Gasteiger partial charge in [-0.2, -0.15) is 0 Å². The monoisotopic (exact) mass is 218 g/mol. The Bertz CT molecular complexity index is 476. The quantitative estimate of drug-likeness (QED) is 0.852. The first-order chi connectivity index (χ1) is 7.69. The summed E-state index contributed by atoms with van der Waals surface area (Å²) in [5, 5.41) is 3.41. The summed E-state index contributed by atoms with van der Waals surface area (Å²) < 4.78 is 5.49. The molecule has 0 saturated heterocycles. The van der Waals surface area contributed by atoms with Gasteiger partial charge >= 0.3 is 0 Å². The summed E-state index contributed by atoms with van der Waals surface area (Å²) in [5.41, 5.74) is 2.88. The Balaban J connectivity index is 2.13. The Morgan fingerprint density at radius 1 is 1.44 bits per heavy atom. The summed E-state index contributed by atoms with van der Waals surface area (Å²) in [6.45, 7) is 7.31. The van der Waals surface area contributed by atoms with Crippen molar-refractivity contribution in [2.45, 2.75) is 27.2 Å². The number of aryl methyl sites for hydroxylation is 1. The summed E-state index contributed by atoms with van der Waals surface area (Å²) in [4.78, 5) is 4.27. The fourth-order valence-electron chi connectivity index (χ4n) is 1.59. The van der Waals surface area contributed by atoms with Gasteiger partial charge in [-0.05, 0) is 18.1 Å².